The number of anilines is 1. The molecule has 0 fully saturated rings. The minimum atomic E-state index is -0.525. The van der Waals surface area contributed by atoms with Gasteiger partial charge < -0.3 is 15.4 Å². The molecule has 0 saturated heterocycles. The largest absolute Gasteiger partial charge is 0.385 e. The summed E-state index contributed by atoms with van der Waals surface area (Å²) in [7, 11) is 1.56. The standard InChI is InChI=1S/C14H16N4O4/c1-22-7-3-6-16-14(19)11(9-15)10-17-12-4-2-5-13(8-12)18(20)21/h2,4-5,8,10,17H,3,6-7H2,1H3,(H,16,19)/b11-10-. The molecule has 0 aliphatic heterocycles. The van der Waals surface area contributed by atoms with Crippen LogP contribution in [0.25, 0.3) is 0 Å². The summed E-state index contributed by atoms with van der Waals surface area (Å²) in [5, 5.41) is 24.9. The van der Waals surface area contributed by atoms with E-state index in [0.717, 1.165) is 0 Å². The molecular formula is C14H16N4O4. The third-order valence-electron chi connectivity index (χ3n) is 2.62. The van der Waals surface area contributed by atoms with Crippen LogP contribution in [0.2, 0.25) is 0 Å². The molecule has 1 aromatic carbocycles. The minimum absolute atomic E-state index is 0.0825. The van der Waals surface area contributed by atoms with Gasteiger partial charge in [-0.2, -0.15) is 5.26 Å². The number of carbonyl (C=O) groups excluding carboxylic acids is 1. The van der Waals surface area contributed by atoms with Crippen LogP contribution in [0.4, 0.5) is 11.4 Å². The van der Waals surface area contributed by atoms with E-state index in [2.05, 4.69) is 10.6 Å². The van der Waals surface area contributed by atoms with Gasteiger partial charge >= 0.3 is 0 Å². The molecule has 0 aromatic heterocycles. The summed E-state index contributed by atoms with van der Waals surface area (Å²) in [6.45, 7) is 0.903. The lowest BCUT2D eigenvalue weighted by Gasteiger charge is -2.05. The van der Waals surface area contributed by atoms with Gasteiger partial charge in [-0.3, -0.25) is 14.9 Å². The molecule has 0 spiro atoms. The molecule has 1 amide bonds. The van der Waals surface area contributed by atoms with Crippen molar-refractivity contribution in [1.29, 1.82) is 5.26 Å². The van der Waals surface area contributed by atoms with Crippen molar-refractivity contribution in [3.63, 3.8) is 0 Å². The van der Waals surface area contributed by atoms with Gasteiger partial charge in [-0.25, -0.2) is 0 Å². The highest BCUT2D eigenvalue weighted by atomic mass is 16.6. The highest BCUT2D eigenvalue weighted by molar-refractivity contribution is 5.97. The van der Waals surface area contributed by atoms with Crippen molar-refractivity contribution in [3.05, 3.63) is 46.2 Å². The summed E-state index contributed by atoms with van der Waals surface area (Å²) in [5.41, 5.74) is 0.207. The van der Waals surface area contributed by atoms with Crippen LogP contribution in [0.1, 0.15) is 6.42 Å². The smallest absolute Gasteiger partial charge is 0.271 e. The Hall–Kier alpha value is -2.92. The Morgan fingerprint density at radius 1 is 1.55 bits per heavy atom. The molecule has 0 bridgehead atoms. The molecule has 0 heterocycles. The lowest BCUT2D eigenvalue weighted by molar-refractivity contribution is -0.384. The SMILES string of the molecule is COCCCNC(=O)/C(C#N)=C\Nc1cccc([N+](=O)[O-])c1. The second-order valence-electron chi connectivity index (χ2n) is 4.22. The molecule has 8 heteroatoms. The monoisotopic (exact) mass is 304 g/mol. The summed E-state index contributed by atoms with van der Waals surface area (Å²) < 4.78 is 4.85. The maximum atomic E-state index is 11.7. The van der Waals surface area contributed by atoms with Crippen LogP contribution in [0.5, 0.6) is 0 Å². The quantitative estimate of drug-likeness (QED) is 0.247. The maximum absolute atomic E-state index is 11.7. The first-order valence-corrected chi connectivity index (χ1v) is 6.47. The molecule has 0 aliphatic carbocycles. The summed E-state index contributed by atoms with van der Waals surface area (Å²) in [4.78, 5) is 21.9. The first-order chi connectivity index (χ1) is 10.6. The molecule has 2 N–H and O–H groups in total. The predicted molar refractivity (Wildman–Crippen MR) is 79.9 cm³/mol. The number of benzene rings is 1. The first kappa shape index (κ1) is 17.1. The molecule has 1 rings (SSSR count). The number of rotatable bonds is 8. The van der Waals surface area contributed by atoms with E-state index in [4.69, 9.17) is 10.00 Å². The van der Waals surface area contributed by atoms with E-state index < -0.39 is 10.8 Å². The molecule has 0 radical (unpaired) electrons. The average molecular weight is 304 g/mol. The molecule has 8 nitrogen and oxygen atoms in total. The molecule has 0 aliphatic rings. The second-order valence-corrected chi connectivity index (χ2v) is 4.22. The van der Waals surface area contributed by atoms with Crippen LogP contribution >= 0.6 is 0 Å². The van der Waals surface area contributed by atoms with Gasteiger partial charge in [0.2, 0.25) is 0 Å². The fraction of sp³-hybridized carbons (Fsp3) is 0.286. The molecule has 22 heavy (non-hydrogen) atoms. The molecular weight excluding hydrogens is 288 g/mol. The van der Waals surface area contributed by atoms with Crippen molar-refractivity contribution in [3.8, 4) is 6.07 Å². The fourth-order valence-electron chi connectivity index (χ4n) is 1.53. The minimum Gasteiger partial charge on any atom is -0.385 e. The highest BCUT2D eigenvalue weighted by Gasteiger charge is 2.09. The Labute approximate surface area is 127 Å². The Kier molecular flexibility index (Phi) is 7.08. The van der Waals surface area contributed by atoms with Gasteiger partial charge in [0, 0.05) is 44.3 Å². The number of nitrogens with one attached hydrogen (secondary N) is 2. The Morgan fingerprint density at radius 3 is 2.95 bits per heavy atom. The molecule has 0 unspecified atom stereocenters. The number of methoxy groups -OCH3 is 1. The van der Waals surface area contributed by atoms with Crippen molar-refractivity contribution in [2.24, 2.45) is 0 Å². The van der Waals surface area contributed by atoms with Crippen molar-refractivity contribution in [1.82, 2.24) is 5.32 Å². The van der Waals surface area contributed by atoms with Crippen LogP contribution in [0.3, 0.4) is 0 Å². The van der Waals surface area contributed by atoms with Gasteiger partial charge in [0.15, 0.2) is 0 Å². The number of ether oxygens (including phenoxy) is 1. The van der Waals surface area contributed by atoms with Crippen molar-refractivity contribution >= 4 is 17.3 Å². The summed E-state index contributed by atoms with van der Waals surface area (Å²) in [5.74, 6) is -0.517. The average Bonchev–Trinajstić information content (AvgIpc) is 2.52. The zero-order chi connectivity index (χ0) is 16.4. The summed E-state index contributed by atoms with van der Waals surface area (Å²) in [6.07, 6.45) is 1.85. The number of nitriles is 1. The van der Waals surface area contributed by atoms with Gasteiger partial charge in [-0.05, 0) is 12.5 Å². The van der Waals surface area contributed by atoms with Gasteiger partial charge in [0.25, 0.3) is 11.6 Å². The van der Waals surface area contributed by atoms with Gasteiger partial charge in [0.05, 0.1) is 4.92 Å². The number of nitro benzene ring substituents is 1. The van der Waals surface area contributed by atoms with E-state index in [0.29, 0.717) is 25.3 Å². The van der Waals surface area contributed by atoms with Gasteiger partial charge in [-0.15, -0.1) is 0 Å². The van der Waals surface area contributed by atoms with Crippen LogP contribution in [0.15, 0.2) is 36.0 Å². The van der Waals surface area contributed by atoms with Crippen LogP contribution in [0, 0.1) is 21.4 Å². The summed E-state index contributed by atoms with van der Waals surface area (Å²) in [6, 6.07) is 7.53. The number of hydrogen-bond donors (Lipinski definition) is 2. The summed E-state index contributed by atoms with van der Waals surface area (Å²) >= 11 is 0. The van der Waals surface area contributed by atoms with E-state index in [1.807, 2.05) is 0 Å². The third-order valence-corrected chi connectivity index (χ3v) is 2.62. The Morgan fingerprint density at radius 2 is 2.32 bits per heavy atom. The highest BCUT2D eigenvalue weighted by Crippen LogP contribution is 2.17. The van der Waals surface area contributed by atoms with Gasteiger partial charge in [0.1, 0.15) is 11.6 Å². The van der Waals surface area contributed by atoms with Crippen LogP contribution < -0.4 is 10.6 Å². The number of nitrogens with zero attached hydrogens (tertiary/aromatic N) is 2. The number of hydrogen-bond acceptors (Lipinski definition) is 6. The lowest BCUT2D eigenvalue weighted by atomic mass is 10.2. The first-order valence-electron chi connectivity index (χ1n) is 6.47. The zero-order valence-corrected chi connectivity index (χ0v) is 12.0. The molecule has 1 aromatic rings. The Balaban J connectivity index is 2.65. The van der Waals surface area contributed by atoms with E-state index in [9.17, 15) is 14.9 Å². The zero-order valence-electron chi connectivity index (χ0n) is 12.0. The van der Waals surface area contributed by atoms with Crippen LogP contribution in [-0.4, -0.2) is 31.1 Å². The third kappa shape index (κ3) is 5.60. The van der Waals surface area contributed by atoms with Crippen molar-refractivity contribution in [2.45, 2.75) is 6.42 Å². The van der Waals surface area contributed by atoms with E-state index >= 15 is 0 Å². The van der Waals surface area contributed by atoms with Crippen LogP contribution in [-0.2, 0) is 9.53 Å². The lowest BCUT2D eigenvalue weighted by Crippen LogP contribution is -2.26. The van der Waals surface area contributed by atoms with E-state index in [-0.39, 0.29) is 11.3 Å². The van der Waals surface area contributed by atoms with Crippen molar-refractivity contribution in [2.75, 3.05) is 25.6 Å². The molecule has 0 atom stereocenters. The molecule has 116 valence electrons. The van der Waals surface area contributed by atoms with Crippen molar-refractivity contribution < 1.29 is 14.5 Å². The Bertz CT molecular complexity index is 607. The number of non-ortho nitro benzene ring substituents is 1. The number of amides is 1. The maximum Gasteiger partial charge on any atom is 0.271 e. The second kappa shape index (κ2) is 9.10. The number of nitro groups is 1. The predicted octanol–water partition coefficient (Wildman–Crippen LogP) is 1.57. The molecule has 0 saturated carbocycles. The fourth-order valence-corrected chi connectivity index (χ4v) is 1.53. The van der Waals surface area contributed by atoms with E-state index in [1.54, 1.807) is 19.2 Å². The topological polar surface area (TPSA) is 117 Å². The van der Waals surface area contributed by atoms with Gasteiger partial charge in [-0.1, -0.05) is 6.07 Å². The normalized spacial score (nSPS) is 10.6. The number of carbonyl (C=O) groups is 1. The van der Waals surface area contributed by atoms with E-state index in [1.165, 1.54) is 24.4 Å².